The van der Waals surface area contributed by atoms with E-state index in [9.17, 15) is 9.18 Å². The lowest BCUT2D eigenvalue weighted by atomic mass is 10.1. The highest BCUT2D eigenvalue weighted by atomic mass is 32.2. The lowest BCUT2D eigenvalue weighted by Gasteiger charge is -2.05. The SMILES string of the molecule is Cn1c(SCc2ccc(C(N)=O)cc2)nnc1-c1ccccc1F. The smallest absolute Gasteiger partial charge is 0.248 e. The fraction of sp³-hybridized carbons (Fsp3) is 0.118. The van der Waals surface area contributed by atoms with Gasteiger partial charge in [-0.25, -0.2) is 4.39 Å². The summed E-state index contributed by atoms with van der Waals surface area (Å²) in [6.07, 6.45) is 0. The topological polar surface area (TPSA) is 73.8 Å². The van der Waals surface area contributed by atoms with Gasteiger partial charge in [0.15, 0.2) is 11.0 Å². The second-order valence-corrected chi connectivity index (χ2v) is 6.14. The normalized spacial score (nSPS) is 10.8. The third-order valence-electron chi connectivity index (χ3n) is 3.56. The molecule has 0 unspecified atom stereocenters. The van der Waals surface area contributed by atoms with E-state index in [1.807, 2.05) is 12.1 Å². The van der Waals surface area contributed by atoms with Crippen molar-refractivity contribution in [3.63, 3.8) is 0 Å². The van der Waals surface area contributed by atoms with Crippen LogP contribution in [0.2, 0.25) is 0 Å². The molecule has 1 aromatic heterocycles. The fourth-order valence-electron chi connectivity index (χ4n) is 2.23. The number of rotatable bonds is 5. The summed E-state index contributed by atoms with van der Waals surface area (Å²) in [5.74, 6) is 0.366. The Morgan fingerprint density at radius 1 is 1.17 bits per heavy atom. The minimum absolute atomic E-state index is 0.327. The highest BCUT2D eigenvalue weighted by Gasteiger charge is 2.14. The largest absolute Gasteiger partial charge is 0.366 e. The molecule has 1 heterocycles. The predicted octanol–water partition coefficient (Wildman–Crippen LogP) is 3.01. The highest BCUT2D eigenvalue weighted by molar-refractivity contribution is 7.98. The summed E-state index contributed by atoms with van der Waals surface area (Å²) in [7, 11) is 1.81. The molecule has 0 bridgehead atoms. The maximum absolute atomic E-state index is 13.9. The van der Waals surface area contributed by atoms with Crippen molar-refractivity contribution < 1.29 is 9.18 Å². The Labute approximate surface area is 142 Å². The molecule has 0 aliphatic carbocycles. The summed E-state index contributed by atoms with van der Waals surface area (Å²) in [6, 6.07) is 13.6. The predicted molar refractivity (Wildman–Crippen MR) is 90.9 cm³/mol. The number of hydrogen-bond donors (Lipinski definition) is 1. The van der Waals surface area contributed by atoms with E-state index in [0.717, 1.165) is 5.56 Å². The standard InChI is InChI=1S/C17H15FN4OS/c1-22-16(13-4-2-3-5-14(13)18)20-21-17(22)24-10-11-6-8-12(9-7-11)15(19)23/h2-9H,10H2,1H3,(H2,19,23). The molecule has 122 valence electrons. The van der Waals surface area contributed by atoms with Crippen molar-refractivity contribution in [1.82, 2.24) is 14.8 Å². The van der Waals surface area contributed by atoms with E-state index in [0.29, 0.717) is 27.9 Å². The molecule has 0 aliphatic heterocycles. The summed E-state index contributed by atoms with van der Waals surface area (Å²) in [5, 5.41) is 8.90. The molecule has 7 heteroatoms. The van der Waals surface area contributed by atoms with Crippen LogP contribution in [0.25, 0.3) is 11.4 Å². The van der Waals surface area contributed by atoms with Gasteiger partial charge in [0, 0.05) is 18.4 Å². The number of thioether (sulfide) groups is 1. The fourth-order valence-corrected chi connectivity index (χ4v) is 3.10. The molecule has 1 amide bonds. The zero-order valence-electron chi connectivity index (χ0n) is 12.9. The summed E-state index contributed by atoms with van der Waals surface area (Å²) < 4.78 is 15.7. The number of nitrogens with two attached hydrogens (primary N) is 1. The third-order valence-corrected chi connectivity index (χ3v) is 4.65. The van der Waals surface area contributed by atoms with Crippen molar-refractivity contribution in [1.29, 1.82) is 0 Å². The van der Waals surface area contributed by atoms with Gasteiger partial charge in [0.05, 0.1) is 5.56 Å². The van der Waals surface area contributed by atoms with Gasteiger partial charge in [-0.3, -0.25) is 4.79 Å². The van der Waals surface area contributed by atoms with Gasteiger partial charge in [0.1, 0.15) is 5.82 Å². The molecule has 0 radical (unpaired) electrons. The Hall–Kier alpha value is -2.67. The first kappa shape index (κ1) is 16.2. The van der Waals surface area contributed by atoms with E-state index in [1.54, 1.807) is 41.9 Å². The Balaban J connectivity index is 1.75. The van der Waals surface area contributed by atoms with Crippen LogP contribution >= 0.6 is 11.8 Å². The van der Waals surface area contributed by atoms with Gasteiger partial charge in [0.25, 0.3) is 0 Å². The van der Waals surface area contributed by atoms with E-state index in [4.69, 9.17) is 5.73 Å². The number of amides is 1. The minimum Gasteiger partial charge on any atom is -0.366 e. The number of nitrogens with zero attached hydrogens (tertiary/aromatic N) is 3. The quantitative estimate of drug-likeness (QED) is 0.723. The lowest BCUT2D eigenvalue weighted by molar-refractivity contribution is 0.100. The lowest BCUT2D eigenvalue weighted by Crippen LogP contribution is -2.10. The number of benzene rings is 2. The summed E-state index contributed by atoms with van der Waals surface area (Å²) in [4.78, 5) is 11.1. The maximum atomic E-state index is 13.9. The van der Waals surface area contributed by atoms with Crippen LogP contribution in [-0.4, -0.2) is 20.7 Å². The summed E-state index contributed by atoms with van der Waals surface area (Å²) in [6.45, 7) is 0. The van der Waals surface area contributed by atoms with Gasteiger partial charge in [0.2, 0.25) is 5.91 Å². The van der Waals surface area contributed by atoms with Crippen LogP contribution in [0, 0.1) is 5.82 Å². The zero-order chi connectivity index (χ0) is 17.1. The number of carbonyl (C=O) groups is 1. The van der Waals surface area contributed by atoms with Crippen molar-refractivity contribution in [2.24, 2.45) is 12.8 Å². The average molecular weight is 342 g/mol. The van der Waals surface area contributed by atoms with Crippen molar-refractivity contribution in [3.05, 3.63) is 65.5 Å². The molecule has 3 aromatic rings. The Morgan fingerprint density at radius 2 is 1.88 bits per heavy atom. The van der Waals surface area contributed by atoms with Crippen LogP contribution in [0.1, 0.15) is 15.9 Å². The van der Waals surface area contributed by atoms with Crippen LogP contribution in [0.5, 0.6) is 0 Å². The second kappa shape index (κ2) is 6.84. The Morgan fingerprint density at radius 3 is 2.54 bits per heavy atom. The van der Waals surface area contributed by atoms with E-state index in [-0.39, 0.29) is 5.82 Å². The summed E-state index contributed by atoms with van der Waals surface area (Å²) >= 11 is 1.49. The molecule has 0 saturated heterocycles. The first-order valence-electron chi connectivity index (χ1n) is 7.22. The maximum Gasteiger partial charge on any atom is 0.248 e. The number of hydrogen-bond acceptors (Lipinski definition) is 4. The summed E-state index contributed by atoms with van der Waals surface area (Å²) in [5.41, 5.74) is 7.15. The van der Waals surface area contributed by atoms with Crippen LogP contribution in [-0.2, 0) is 12.8 Å². The number of carbonyl (C=O) groups excluding carboxylic acids is 1. The van der Waals surface area contributed by atoms with Crippen LogP contribution in [0.3, 0.4) is 0 Å². The van der Waals surface area contributed by atoms with E-state index in [1.165, 1.54) is 17.8 Å². The Kier molecular flexibility index (Phi) is 4.61. The van der Waals surface area contributed by atoms with Crippen molar-refractivity contribution in [2.45, 2.75) is 10.9 Å². The molecular formula is C17H15FN4OS. The van der Waals surface area contributed by atoms with Crippen LogP contribution < -0.4 is 5.73 Å². The van der Waals surface area contributed by atoms with E-state index < -0.39 is 5.91 Å². The second-order valence-electron chi connectivity index (χ2n) is 5.19. The van der Waals surface area contributed by atoms with E-state index >= 15 is 0 Å². The van der Waals surface area contributed by atoms with Gasteiger partial charge in [-0.2, -0.15) is 0 Å². The molecule has 0 aliphatic rings. The van der Waals surface area contributed by atoms with Gasteiger partial charge in [-0.05, 0) is 29.8 Å². The van der Waals surface area contributed by atoms with Crippen LogP contribution in [0.4, 0.5) is 4.39 Å². The molecule has 0 fully saturated rings. The molecule has 3 rings (SSSR count). The van der Waals surface area contributed by atoms with Gasteiger partial charge in [-0.15, -0.1) is 10.2 Å². The van der Waals surface area contributed by atoms with Crippen molar-refractivity contribution >= 4 is 17.7 Å². The molecule has 0 spiro atoms. The molecular weight excluding hydrogens is 327 g/mol. The van der Waals surface area contributed by atoms with Crippen molar-refractivity contribution in [3.8, 4) is 11.4 Å². The first-order chi connectivity index (χ1) is 11.6. The minimum atomic E-state index is -0.447. The molecule has 24 heavy (non-hydrogen) atoms. The number of primary amides is 1. The first-order valence-corrected chi connectivity index (χ1v) is 8.20. The molecule has 0 saturated carbocycles. The Bertz CT molecular complexity index is 877. The van der Waals surface area contributed by atoms with Crippen molar-refractivity contribution in [2.75, 3.05) is 0 Å². The molecule has 2 N–H and O–H groups in total. The van der Waals surface area contributed by atoms with Gasteiger partial charge < -0.3 is 10.3 Å². The molecule has 5 nitrogen and oxygen atoms in total. The monoisotopic (exact) mass is 342 g/mol. The number of aromatic nitrogens is 3. The molecule has 2 aromatic carbocycles. The third kappa shape index (κ3) is 3.30. The molecule has 0 atom stereocenters. The van der Waals surface area contributed by atoms with Gasteiger partial charge >= 0.3 is 0 Å². The number of halogens is 1. The zero-order valence-corrected chi connectivity index (χ0v) is 13.8. The highest BCUT2D eigenvalue weighted by Crippen LogP contribution is 2.26. The average Bonchev–Trinajstić information content (AvgIpc) is 2.94. The van der Waals surface area contributed by atoms with E-state index in [2.05, 4.69) is 10.2 Å². The van der Waals surface area contributed by atoms with Crippen LogP contribution in [0.15, 0.2) is 53.7 Å². The van der Waals surface area contributed by atoms with Gasteiger partial charge in [-0.1, -0.05) is 36.0 Å².